The van der Waals surface area contributed by atoms with E-state index in [9.17, 15) is 8.78 Å². The molecule has 0 aliphatic rings. The van der Waals surface area contributed by atoms with Crippen molar-refractivity contribution in [1.29, 1.82) is 0 Å². The van der Waals surface area contributed by atoms with Gasteiger partial charge < -0.3 is 5.73 Å². The number of nitrogens with one attached hydrogen (secondary N) is 1. The second-order valence-corrected chi connectivity index (χ2v) is 2.86. The van der Waals surface area contributed by atoms with Crippen LogP contribution in [0.25, 0.3) is 0 Å². The summed E-state index contributed by atoms with van der Waals surface area (Å²) in [6, 6.07) is 2.20. The molecule has 14 heavy (non-hydrogen) atoms. The van der Waals surface area contributed by atoms with Gasteiger partial charge in [0.2, 0.25) is 0 Å². The van der Waals surface area contributed by atoms with Crippen LogP contribution in [0.5, 0.6) is 0 Å². The average Bonchev–Trinajstić information content (AvgIpc) is 2.16. The minimum Gasteiger partial charge on any atom is -0.383 e. The molecule has 4 nitrogen and oxygen atoms in total. The Morgan fingerprint density at radius 3 is 2.71 bits per heavy atom. The molecule has 1 rings (SSSR count). The zero-order valence-corrected chi connectivity index (χ0v) is 7.45. The first-order valence-electron chi connectivity index (χ1n) is 4.08. The van der Waals surface area contributed by atoms with E-state index in [-0.39, 0.29) is 12.2 Å². The van der Waals surface area contributed by atoms with Crippen LogP contribution in [0.3, 0.4) is 0 Å². The van der Waals surface area contributed by atoms with Crippen LogP contribution < -0.4 is 17.0 Å². The third-order valence-electron chi connectivity index (χ3n) is 1.88. The predicted molar refractivity (Wildman–Crippen MR) is 49.5 cm³/mol. The van der Waals surface area contributed by atoms with Gasteiger partial charge >= 0.3 is 0 Å². The van der Waals surface area contributed by atoms with Gasteiger partial charge in [0.05, 0.1) is 6.04 Å². The maximum absolute atomic E-state index is 12.3. The van der Waals surface area contributed by atoms with E-state index in [1.807, 2.05) is 5.43 Å². The molecule has 0 spiro atoms. The summed E-state index contributed by atoms with van der Waals surface area (Å²) in [5, 5.41) is 0. The lowest BCUT2D eigenvalue weighted by Crippen LogP contribution is -2.42. The molecule has 0 saturated carbocycles. The smallest absolute Gasteiger partial charge is 0.255 e. The molecule has 0 bridgehead atoms. The minimum absolute atomic E-state index is 0.0633. The number of pyridine rings is 1. The molecule has 0 fully saturated rings. The van der Waals surface area contributed by atoms with Gasteiger partial charge in [-0.15, -0.1) is 0 Å². The highest BCUT2D eigenvalue weighted by Crippen LogP contribution is 2.13. The number of alkyl halides is 2. The highest BCUT2D eigenvalue weighted by molar-refractivity contribution is 5.38. The molecule has 5 N–H and O–H groups in total. The summed E-state index contributed by atoms with van der Waals surface area (Å²) in [6.45, 7) is 0. The van der Waals surface area contributed by atoms with E-state index in [1.54, 1.807) is 12.1 Å². The van der Waals surface area contributed by atoms with Crippen molar-refractivity contribution in [2.75, 3.05) is 5.73 Å². The van der Waals surface area contributed by atoms with Gasteiger partial charge in [-0.2, -0.15) is 0 Å². The molecule has 0 aromatic carbocycles. The molecule has 0 saturated heterocycles. The van der Waals surface area contributed by atoms with Crippen molar-refractivity contribution < 1.29 is 8.78 Å². The summed E-state index contributed by atoms with van der Waals surface area (Å²) in [6.07, 6.45) is -0.959. The molecule has 1 atom stereocenters. The lowest BCUT2D eigenvalue weighted by molar-refractivity contribution is 0.0985. The summed E-state index contributed by atoms with van der Waals surface area (Å²) in [7, 11) is 0. The van der Waals surface area contributed by atoms with E-state index in [4.69, 9.17) is 11.6 Å². The Hall–Kier alpha value is -1.27. The topological polar surface area (TPSA) is 77.0 Å². The fraction of sp³-hybridized carbons (Fsp3) is 0.375. The van der Waals surface area contributed by atoms with Gasteiger partial charge in [0.1, 0.15) is 5.82 Å². The molecule has 1 aromatic heterocycles. The summed E-state index contributed by atoms with van der Waals surface area (Å²) in [5.41, 5.74) is 8.11. The Balaban J connectivity index is 2.72. The van der Waals surface area contributed by atoms with Crippen molar-refractivity contribution in [3.8, 4) is 0 Å². The van der Waals surface area contributed by atoms with Gasteiger partial charge in [-0.3, -0.25) is 11.3 Å². The molecular formula is C8H12F2N4. The number of aromatic nitrogens is 1. The SMILES string of the molecule is NNC(Cc1cccnc1N)C(F)F. The number of anilines is 1. The Bertz CT molecular complexity index is 292. The number of hydrogen-bond acceptors (Lipinski definition) is 4. The molecule has 0 aliphatic heterocycles. The van der Waals surface area contributed by atoms with E-state index in [0.717, 1.165) is 0 Å². The number of hydrazine groups is 1. The Morgan fingerprint density at radius 1 is 1.50 bits per heavy atom. The normalized spacial score (nSPS) is 13.1. The third-order valence-corrected chi connectivity index (χ3v) is 1.88. The second kappa shape index (κ2) is 4.83. The Kier molecular flexibility index (Phi) is 3.73. The minimum atomic E-state index is -2.53. The van der Waals surface area contributed by atoms with Gasteiger partial charge in [-0.1, -0.05) is 6.07 Å². The zero-order chi connectivity index (χ0) is 10.6. The maximum Gasteiger partial charge on any atom is 0.255 e. The molecule has 0 aliphatic carbocycles. The lowest BCUT2D eigenvalue weighted by atomic mass is 10.1. The van der Waals surface area contributed by atoms with Crippen LogP contribution in [0, 0.1) is 0 Å². The monoisotopic (exact) mass is 202 g/mol. The second-order valence-electron chi connectivity index (χ2n) is 2.86. The van der Waals surface area contributed by atoms with Gasteiger partial charge in [0, 0.05) is 6.20 Å². The fourth-order valence-electron chi connectivity index (χ4n) is 1.08. The van der Waals surface area contributed by atoms with Crippen molar-refractivity contribution in [2.24, 2.45) is 5.84 Å². The molecule has 1 aromatic rings. The standard InChI is InChI=1S/C8H12F2N4/c9-7(10)6(14-12)4-5-2-1-3-13-8(5)11/h1-3,6-7,14H,4,12H2,(H2,11,13). The highest BCUT2D eigenvalue weighted by atomic mass is 19.3. The third kappa shape index (κ3) is 2.61. The number of hydrogen-bond donors (Lipinski definition) is 3. The number of rotatable bonds is 4. The number of nitrogens with zero attached hydrogens (tertiary/aromatic N) is 1. The molecular weight excluding hydrogens is 190 g/mol. The van der Waals surface area contributed by atoms with Gasteiger partial charge in [0.25, 0.3) is 6.43 Å². The van der Waals surface area contributed by atoms with Crippen molar-refractivity contribution in [3.63, 3.8) is 0 Å². The summed E-state index contributed by atoms with van der Waals surface area (Å²) < 4.78 is 24.6. The molecule has 0 radical (unpaired) electrons. The molecule has 6 heteroatoms. The first kappa shape index (κ1) is 10.8. The van der Waals surface area contributed by atoms with Crippen molar-refractivity contribution >= 4 is 5.82 Å². The van der Waals surface area contributed by atoms with E-state index < -0.39 is 12.5 Å². The Labute approximate surface area is 80.3 Å². The van der Waals surface area contributed by atoms with Crippen molar-refractivity contribution in [2.45, 2.75) is 18.9 Å². The average molecular weight is 202 g/mol. The Morgan fingerprint density at radius 2 is 2.21 bits per heavy atom. The number of nitrogen functional groups attached to an aromatic ring is 1. The maximum atomic E-state index is 12.3. The highest BCUT2D eigenvalue weighted by Gasteiger charge is 2.19. The van der Waals surface area contributed by atoms with E-state index in [1.165, 1.54) is 6.20 Å². The van der Waals surface area contributed by atoms with Crippen LogP contribution in [-0.4, -0.2) is 17.5 Å². The van der Waals surface area contributed by atoms with Gasteiger partial charge in [-0.25, -0.2) is 13.8 Å². The van der Waals surface area contributed by atoms with Crippen LogP contribution in [0.1, 0.15) is 5.56 Å². The first-order valence-corrected chi connectivity index (χ1v) is 4.08. The predicted octanol–water partition coefficient (Wildman–Crippen LogP) is 0.303. The summed E-state index contributed by atoms with van der Waals surface area (Å²) in [5.74, 6) is 5.24. The summed E-state index contributed by atoms with van der Waals surface area (Å²) in [4.78, 5) is 3.79. The van der Waals surface area contributed by atoms with E-state index >= 15 is 0 Å². The summed E-state index contributed by atoms with van der Waals surface area (Å²) >= 11 is 0. The molecule has 0 amide bonds. The number of nitrogens with two attached hydrogens (primary N) is 2. The molecule has 1 unspecified atom stereocenters. The van der Waals surface area contributed by atoms with Crippen LogP contribution >= 0.6 is 0 Å². The van der Waals surface area contributed by atoms with Gasteiger partial charge in [-0.05, 0) is 18.1 Å². The van der Waals surface area contributed by atoms with Crippen LogP contribution in [-0.2, 0) is 6.42 Å². The van der Waals surface area contributed by atoms with Crippen molar-refractivity contribution in [1.82, 2.24) is 10.4 Å². The van der Waals surface area contributed by atoms with Crippen LogP contribution in [0.2, 0.25) is 0 Å². The van der Waals surface area contributed by atoms with E-state index in [2.05, 4.69) is 4.98 Å². The fourth-order valence-corrected chi connectivity index (χ4v) is 1.08. The number of halogens is 2. The van der Waals surface area contributed by atoms with Crippen LogP contribution in [0.15, 0.2) is 18.3 Å². The quantitative estimate of drug-likeness (QED) is 0.485. The first-order chi connectivity index (χ1) is 6.65. The van der Waals surface area contributed by atoms with Gasteiger partial charge in [0.15, 0.2) is 0 Å². The van der Waals surface area contributed by atoms with Crippen LogP contribution in [0.4, 0.5) is 14.6 Å². The largest absolute Gasteiger partial charge is 0.383 e. The van der Waals surface area contributed by atoms with Crippen molar-refractivity contribution in [3.05, 3.63) is 23.9 Å². The zero-order valence-electron chi connectivity index (χ0n) is 7.45. The lowest BCUT2D eigenvalue weighted by Gasteiger charge is -2.15. The van der Waals surface area contributed by atoms with E-state index in [0.29, 0.717) is 5.56 Å². The molecule has 78 valence electrons. The molecule has 1 heterocycles.